The molecular weight excluding hydrogens is 233 g/mol. The number of carbonyl (C=O) groups is 1. The Labute approximate surface area is 105 Å². The summed E-state index contributed by atoms with van der Waals surface area (Å²) in [6, 6.07) is 5.86. The van der Waals surface area contributed by atoms with E-state index in [9.17, 15) is 9.18 Å². The van der Waals surface area contributed by atoms with Crippen LogP contribution in [0.5, 0.6) is 0 Å². The molecular formula is C13H14FN3O. The summed E-state index contributed by atoms with van der Waals surface area (Å²) in [5, 5.41) is 14.3. The second-order valence-corrected chi connectivity index (χ2v) is 4.75. The lowest BCUT2D eigenvalue weighted by atomic mass is 9.88. The molecule has 1 fully saturated rings. The molecule has 1 amide bonds. The summed E-state index contributed by atoms with van der Waals surface area (Å²) in [6.07, 6.45) is 0.733. The van der Waals surface area contributed by atoms with E-state index in [1.807, 2.05) is 13.0 Å². The summed E-state index contributed by atoms with van der Waals surface area (Å²) < 4.78 is 13.6. The normalized spacial score (nSPS) is 22.5. The fourth-order valence-corrected chi connectivity index (χ4v) is 1.97. The summed E-state index contributed by atoms with van der Waals surface area (Å²) in [7, 11) is 0. The van der Waals surface area contributed by atoms with Crippen molar-refractivity contribution < 1.29 is 9.18 Å². The van der Waals surface area contributed by atoms with Crippen molar-refractivity contribution in [1.82, 2.24) is 5.32 Å². The molecule has 0 aromatic heterocycles. The molecule has 0 radical (unpaired) electrons. The maximum absolute atomic E-state index is 13.6. The number of halogens is 1. The number of hydrogen-bond acceptors (Lipinski definition) is 3. The molecule has 0 bridgehead atoms. The van der Waals surface area contributed by atoms with Gasteiger partial charge < -0.3 is 10.6 Å². The van der Waals surface area contributed by atoms with Gasteiger partial charge in [0.2, 0.25) is 5.91 Å². The van der Waals surface area contributed by atoms with Gasteiger partial charge in [0.1, 0.15) is 5.82 Å². The number of benzene rings is 1. The highest BCUT2D eigenvalue weighted by atomic mass is 19.1. The van der Waals surface area contributed by atoms with Crippen LogP contribution in [0.25, 0.3) is 0 Å². The number of rotatable bonds is 2. The summed E-state index contributed by atoms with van der Waals surface area (Å²) in [5.74, 6) is -0.784. The van der Waals surface area contributed by atoms with Gasteiger partial charge in [-0.05, 0) is 38.1 Å². The molecule has 1 aromatic carbocycles. The van der Waals surface area contributed by atoms with E-state index in [-0.39, 0.29) is 17.2 Å². The van der Waals surface area contributed by atoms with Crippen molar-refractivity contribution in [1.29, 1.82) is 5.26 Å². The van der Waals surface area contributed by atoms with E-state index < -0.39 is 11.2 Å². The van der Waals surface area contributed by atoms with Crippen LogP contribution in [-0.4, -0.2) is 19.0 Å². The van der Waals surface area contributed by atoms with Crippen molar-refractivity contribution in [2.45, 2.75) is 13.3 Å². The largest absolute Gasteiger partial charge is 0.323 e. The molecule has 94 valence electrons. The summed E-state index contributed by atoms with van der Waals surface area (Å²) in [6.45, 7) is 3.24. The Kier molecular flexibility index (Phi) is 3.30. The van der Waals surface area contributed by atoms with Gasteiger partial charge in [-0.2, -0.15) is 5.26 Å². The van der Waals surface area contributed by atoms with E-state index in [1.54, 1.807) is 0 Å². The number of carbonyl (C=O) groups excluding carboxylic acids is 1. The molecule has 1 aliphatic rings. The van der Waals surface area contributed by atoms with E-state index in [0.29, 0.717) is 6.54 Å². The Morgan fingerprint density at radius 2 is 2.39 bits per heavy atom. The van der Waals surface area contributed by atoms with Crippen LogP contribution in [0.3, 0.4) is 0 Å². The minimum absolute atomic E-state index is 0.118. The van der Waals surface area contributed by atoms with Crippen LogP contribution in [0.2, 0.25) is 0 Å². The van der Waals surface area contributed by atoms with Gasteiger partial charge in [-0.25, -0.2) is 4.39 Å². The first kappa shape index (κ1) is 12.5. The predicted octanol–water partition coefficient (Wildman–Crippen LogP) is 1.64. The second-order valence-electron chi connectivity index (χ2n) is 4.75. The third-order valence-electron chi connectivity index (χ3n) is 3.26. The van der Waals surface area contributed by atoms with Gasteiger partial charge in [0, 0.05) is 6.54 Å². The van der Waals surface area contributed by atoms with Gasteiger partial charge in [-0.1, -0.05) is 0 Å². The molecule has 0 saturated carbocycles. The van der Waals surface area contributed by atoms with Crippen molar-refractivity contribution in [2.24, 2.45) is 5.41 Å². The molecule has 18 heavy (non-hydrogen) atoms. The molecule has 0 spiro atoms. The molecule has 1 heterocycles. The van der Waals surface area contributed by atoms with Gasteiger partial charge in [0.25, 0.3) is 0 Å². The Morgan fingerprint density at radius 3 is 2.94 bits per heavy atom. The van der Waals surface area contributed by atoms with Gasteiger partial charge in [0.15, 0.2) is 0 Å². The fourth-order valence-electron chi connectivity index (χ4n) is 1.97. The third kappa shape index (κ3) is 2.34. The second kappa shape index (κ2) is 4.75. The Hall–Kier alpha value is -1.93. The zero-order valence-electron chi connectivity index (χ0n) is 10.1. The van der Waals surface area contributed by atoms with E-state index in [4.69, 9.17) is 5.26 Å². The van der Waals surface area contributed by atoms with Crippen LogP contribution >= 0.6 is 0 Å². The first-order valence-electron chi connectivity index (χ1n) is 5.77. The maximum atomic E-state index is 13.6. The smallest absolute Gasteiger partial charge is 0.231 e. The van der Waals surface area contributed by atoms with Crippen molar-refractivity contribution in [3.8, 4) is 6.07 Å². The molecule has 1 aliphatic heterocycles. The number of hydrogen-bond donors (Lipinski definition) is 2. The Bertz CT molecular complexity index is 515. The number of amides is 1. The first-order chi connectivity index (χ1) is 8.55. The topological polar surface area (TPSA) is 64.9 Å². The quantitative estimate of drug-likeness (QED) is 0.835. The van der Waals surface area contributed by atoms with Crippen LogP contribution < -0.4 is 10.6 Å². The SMILES string of the molecule is CC1(C(=O)Nc2ccc(C#N)cc2F)CCNC1. The van der Waals surface area contributed by atoms with Crippen LogP contribution in [-0.2, 0) is 4.79 Å². The summed E-state index contributed by atoms with van der Waals surface area (Å²) in [5.41, 5.74) is -0.147. The third-order valence-corrected chi connectivity index (χ3v) is 3.26. The minimum atomic E-state index is -0.586. The van der Waals surface area contributed by atoms with Gasteiger partial charge in [-0.3, -0.25) is 4.79 Å². The van der Waals surface area contributed by atoms with E-state index >= 15 is 0 Å². The lowest BCUT2D eigenvalue weighted by molar-refractivity contribution is -0.123. The summed E-state index contributed by atoms with van der Waals surface area (Å²) in [4.78, 5) is 12.1. The highest BCUT2D eigenvalue weighted by molar-refractivity contribution is 5.95. The van der Waals surface area contributed by atoms with Crippen molar-refractivity contribution in [3.63, 3.8) is 0 Å². The number of nitriles is 1. The number of nitrogens with zero attached hydrogens (tertiary/aromatic N) is 1. The zero-order chi connectivity index (χ0) is 13.2. The van der Waals surface area contributed by atoms with Gasteiger partial charge >= 0.3 is 0 Å². The molecule has 1 saturated heterocycles. The van der Waals surface area contributed by atoms with E-state index in [0.717, 1.165) is 19.0 Å². The first-order valence-corrected chi connectivity index (χ1v) is 5.77. The molecule has 2 N–H and O–H groups in total. The van der Waals surface area contributed by atoms with Crippen molar-refractivity contribution >= 4 is 11.6 Å². The van der Waals surface area contributed by atoms with Crippen LogP contribution in [0.1, 0.15) is 18.9 Å². The van der Waals surface area contributed by atoms with Crippen LogP contribution in [0, 0.1) is 22.6 Å². The van der Waals surface area contributed by atoms with Crippen LogP contribution in [0.15, 0.2) is 18.2 Å². The van der Waals surface area contributed by atoms with Crippen molar-refractivity contribution in [3.05, 3.63) is 29.6 Å². The molecule has 0 aliphatic carbocycles. The number of anilines is 1. The molecule has 1 atom stereocenters. The Balaban J connectivity index is 2.15. The molecule has 5 heteroatoms. The number of nitrogens with one attached hydrogen (secondary N) is 2. The van der Waals surface area contributed by atoms with E-state index in [1.165, 1.54) is 12.1 Å². The fraction of sp³-hybridized carbons (Fsp3) is 0.385. The Morgan fingerprint density at radius 1 is 1.61 bits per heavy atom. The van der Waals surface area contributed by atoms with Gasteiger partial charge in [0.05, 0.1) is 22.7 Å². The standard InChI is InChI=1S/C13H14FN3O/c1-13(4-5-16-8-13)12(18)17-11-3-2-9(7-15)6-10(11)14/h2-3,6,16H,4-5,8H2,1H3,(H,17,18). The lowest BCUT2D eigenvalue weighted by Crippen LogP contribution is -2.35. The lowest BCUT2D eigenvalue weighted by Gasteiger charge is -2.21. The monoisotopic (exact) mass is 247 g/mol. The molecule has 4 nitrogen and oxygen atoms in total. The molecule has 1 aromatic rings. The van der Waals surface area contributed by atoms with Crippen molar-refractivity contribution in [2.75, 3.05) is 18.4 Å². The zero-order valence-corrected chi connectivity index (χ0v) is 10.1. The minimum Gasteiger partial charge on any atom is -0.323 e. The van der Waals surface area contributed by atoms with Gasteiger partial charge in [-0.15, -0.1) is 0 Å². The predicted molar refractivity (Wildman–Crippen MR) is 65.3 cm³/mol. The molecule has 1 unspecified atom stereocenters. The summed E-state index contributed by atoms with van der Waals surface area (Å²) >= 11 is 0. The highest BCUT2D eigenvalue weighted by Gasteiger charge is 2.36. The maximum Gasteiger partial charge on any atom is 0.231 e. The average Bonchev–Trinajstić information content (AvgIpc) is 2.80. The average molecular weight is 247 g/mol. The van der Waals surface area contributed by atoms with Crippen LogP contribution in [0.4, 0.5) is 10.1 Å². The molecule has 2 rings (SSSR count). The highest BCUT2D eigenvalue weighted by Crippen LogP contribution is 2.27. The van der Waals surface area contributed by atoms with E-state index in [2.05, 4.69) is 10.6 Å².